The van der Waals surface area contributed by atoms with E-state index in [2.05, 4.69) is 13.0 Å². The summed E-state index contributed by atoms with van der Waals surface area (Å²) in [5.41, 5.74) is 2.61. The molecule has 0 bridgehead atoms. The molecule has 0 radical (unpaired) electrons. The minimum atomic E-state index is -0.608. The summed E-state index contributed by atoms with van der Waals surface area (Å²) in [6.45, 7) is 2.20. The van der Waals surface area contributed by atoms with Gasteiger partial charge in [0.1, 0.15) is 11.9 Å². The zero-order valence-electron chi connectivity index (χ0n) is 13.4. The van der Waals surface area contributed by atoms with Crippen molar-refractivity contribution in [3.63, 3.8) is 0 Å². The summed E-state index contributed by atoms with van der Waals surface area (Å²) in [5.74, 6) is 1.98. The third-order valence-corrected chi connectivity index (χ3v) is 6.84. The number of rotatable bonds is 2. The maximum Gasteiger partial charge on any atom is 0.294 e. The first kappa shape index (κ1) is 14.8. The minimum Gasteiger partial charge on any atom is -0.508 e. The van der Waals surface area contributed by atoms with Crippen LogP contribution >= 0.6 is 0 Å². The molecule has 4 rings (SSSR count). The van der Waals surface area contributed by atoms with E-state index in [1.54, 1.807) is 6.07 Å². The van der Waals surface area contributed by atoms with Crippen LogP contribution in [-0.4, -0.2) is 16.3 Å². The van der Waals surface area contributed by atoms with Crippen molar-refractivity contribution in [3.05, 3.63) is 39.4 Å². The van der Waals surface area contributed by atoms with Crippen LogP contribution in [0.1, 0.15) is 56.1 Å². The fraction of sp³-hybridized carbons (Fsp3) is 0.667. The number of phenolic OH excluding ortho intramolecular Hbond substituents is 1. The second kappa shape index (κ2) is 5.11. The maximum absolute atomic E-state index is 10.8. The van der Waals surface area contributed by atoms with Crippen LogP contribution < -0.4 is 0 Å². The first-order chi connectivity index (χ1) is 11.0. The largest absolute Gasteiger partial charge is 0.508 e. The van der Waals surface area contributed by atoms with Crippen LogP contribution in [0.2, 0.25) is 0 Å². The van der Waals surface area contributed by atoms with Crippen molar-refractivity contribution in [2.24, 2.45) is 17.3 Å². The van der Waals surface area contributed by atoms with Gasteiger partial charge >= 0.3 is 0 Å². The number of nitrogens with zero attached hydrogens (tertiary/aromatic N) is 1. The van der Waals surface area contributed by atoms with Gasteiger partial charge in [0.25, 0.3) is 5.09 Å². The van der Waals surface area contributed by atoms with Gasteiger partial charge in [-0.15, -0.1) is 10.1 Å². The molecule has 0 amide bonds. The molecule has 23 heavy (non-hydrogen) atoms. The Kier molecular flexibility index (Phi) is 3.29. The lowest BCUT2D eigenvalue weighted by Crippen LogP contribution is -2.45. The third kappa shape index (κ3) is 2.20. The highest BCUT2D eigenvalue weighted by molar-refractivity contribution is 5.40. The van der Waals surface area contributed by atoms with Gasteiger partial charge in [-0.25, -0.2) is 0 Å². The Hall–Kier alpha value is -1.78. The molecule has 0 aromatic heterocycles. The molecular weight excluding hydrogens is 294 g/mol. The van der Waals surface area contributed by atoms with Crippen LogP contribution in [0, 0.1) is 27.4 Å². The molecule has 5 atom stereocenters. The lowest BCUT2D eigenvalue weighted by molar-refractivity contribution is -0.772. The van der Waals surface area contributed by atoms with Crippen LogP contribution in [-0.2, 0) is 11.3 Å². The number of fused-ring (bicyclic) bond motifs is 5. The molecule has 2 fully saturated rings. The summed E-state index contributed by atoms with van der Waals surface area (Å²) in [6.07, 6.45) is 5.75. The van der Waals surface area contributed by atoms with Gasteiger partial charge in [0.05, 0.1) is 0 Å². The van der Waals surface area contributed by atoms with Crippen LogP contribution in [0.25, 0.3) is 0 Å². The van der Waals surface area contributed by atoms with E-state index in [9.17, 15) is 15.2 Å². The van der Waals surface area contributed by atoms with Gasteiger partial charge in [-0.05, 0) is 85.0 Å². The Morgan fingerprint density at radius 1 is 1.30 bits per heavy atom. The molecule has 1 aromatic rings. The standard InChI is InChI=1S/C18H23NO4/c1-18-9-8-14-13-5-3-12(20)10-11(13)2-4-15(14)16(18)6-7-17(18)23-19(21)22/h3,5,10,14-17,20H,2,4,6-9H2,1H3/t14-,15-,16+,17+,18+/m1/s1. The molecular formula is C18H23NO4. The molecule has 0 saturated heterocycles. The summed E-state index contributed by atoms with van der Waals surface area (Å²) < 4.78 is 0. The van der Waals surface area contributed by atoms with Crippen molar-refractivity contribution in [1.29, 1.82) is 0 Å². The van der Waals surface area contributed by atoms with Crippen molar-refractivity contribution in [2.75, 3.05) is 0 Å². The Labute approximate surface area is 135 Å². The lowest BCUT2D eigenvalue weighted by Gasteiger charge is -2.50. The fourth-order valence-electron chi connectivity index (χ4n) is 5.80. The molecule has 3 aliphatic rings. The van der Waals surface area contributed by atoms with E-state index in [0.717, 1.165) is 38.5 Å². The molecule has 0 unspecified atom stereocenters. The number of aryl methyl sites for hydroxylation is 1. The predicted octanol–water partition coefficient (Wildman–Crippen LogP) is 3.83. The summed E-state index contributed by atoms with van der Waals surface area (Å²) in [5, 5.41) is 19.9. The zero-order valence-corrected chi connectivity index (χ0v) is 13.4. The van der Waals surface area contributed by atoms with Gasteiger partial charge in [0, 0.05) is 0 Å². The van der Waals surface area contributed by atoms with Crippen molar-refractivity contribution in [2.45, 2.75) is 57.5 Å². The smallest absolute Gasteiger partial charge is 0.294 e. The normalized spacial score (nSPS) is 38.3. The van der Waals surface area contributed by atoms with Crippen LogP contribution in [0.3, 0.4) is 0 Å². The Bertz CT molecular complexity index is 646. The van der Waals surface area contributed by atoms with E-state index in [4.69, 9.17) is 4.84 Å². The average molecular weight is 317 g/mol. The third-order valence-electron chi connectivity index (χ3n) is 6.84. The molecule has 5 nitrogen and oxygen atoms in total. The summed E-state index contributed by atoms with van der Waals surface area (Å²) in [4.78, 5) is 15.8. The second-order valence-electron chi connectivity index (χ2n) is 7.74. The summed E-state index contributed by atoms with van der Waals surface area (Å²) in [7, 11) is 0. The summed E-state index contributed by atoms with van der Waals surface area (Å²) in [6, 6.07) is 5.79. The van der Waals surface area contributed by atoms with Crippen molar-refractivity contribution >= 4 is 0 Å². The van der Waals surface area contributed by atoms with E-state index >= 15 is 0 Å². The molecule has 0 spiro atoms. The highest BCUT2D eigenvalue weighted by atomic mass is 17.0. The van der Waals surface area contributed by atoms with E-state index in [-0.39, 0.29) is 11.5 Å². The van der Waals surface area contributed by atoms with E-state index in [1.807, 2.05) is 6.07 Å². The van der Waals surface area contributed by atoms with Gasteiger partial charge in [-0.2, -0.15) is 0 Å². The number of aromatic hydroxyl groups is 1. The number of phenols is 1. The average Bonchev–Trinajstić information content (AvgIpc) is 2.83. The van der Waals surface area contributed by atoms with Gasteiger partial charge < -0.3 is 9.94 Å². The van der Waals surface area contributed by atoms with Gasteiger partial charge in [0.15, 0.2) is 0 Å². The maximum atomic E-state index is 10.8. The van der Waals surface area contributed by atoms with Crippen molar-refractivity contribution in [3.8, 4) is 5.75 Å². The van der Waals surface area contributed by atoms with E-state index in [0.29, 0.717) is 23.5 Å². The van der Waals surface area contributed by atoms with Crippen LogP contribution in [0.5, 0.6) is 5.75 Å². The first-order valence-corrected chi connectivity index (χ1v) is 8.62. The SMILES string of the molecule is C[C@]12CC[C@@H]3c4ccc(O)cc4CC[C@H]3[C@@H]1CC[C@@H]2O[N+](=O)[O-]. The van der Waals surface area contributed by atoms with Gasteiger partial charge in [-0.1, -0.05) is 13.0 Å². The molecule has 1 aromatic carbocycles. The highest BCUT2D eigenvalue weighted by Crippen LogP contribution is 2.61. The number of hydrogen-bond acceptors (Lipinski definition) is 4. The van der Waals surface area contributed by atoms with Crippen LogP contribution in [0.4, 0.5) is 0 Å². The molecule has 3 aliphatic carbocycles. The highest BCUT2D eigenvalue weighted by Gasteiger charge is 2.56. The molecule has 1 N–H and O–H groups in total. The second-order valence-corrected chi connectivity index (χ2v) is 7.74. The van der Waals surface area contributed by atoms with E-state index < -0.39 is 5.09 Å². The molecule has 0 heterocycles. The number of hydrogen-bond donors (Lipinski definition) is 1. The zero-order chi connectivity index (χ0) is 16.2. The quantitative estimate of drug-likeness (QED) is 0.664. The van der Waals surface area contributed by atoms with Crippen LogP contribution in [0.15, 0.2) is 18.2 Å². The monoisotopic (exact) mass is 317 g/mol. The predicted molar refractivity (Wildman–Crippen MR) is 84.6 cm³/mol. The topological polar surface area (TPSA) is 72.6 Å². The Balaban J connectivity index is 1.63. The fourth-order valence-corrected chi connectivity index (χ4v) is 5.80. The Morgan fingerprint density at radius 2 is 2.13 bits per heavy atom. The number of benzene rings is 1. The Morgan fingerprint density at radius 3 is 2.91 bits per heavy atom. The van der Waals surface area contributed by atoms with E-state index in [1.165, 1.54) is 11.1 Å². The summed E-state index contributed by atoms with van der Waals surface area (Å²) >= 11 is 0. The molecule has 5 heteroatoms. The molecule has 124 valence electrons. The first-order valence-electron chi connectivity index (χ1n) is 8.62. The van der Waals surface area contributed by atoms with Gasteiger partial charge in [-0.3, -0.25) is 0 Å². The van der Waals surface area contributed by atoms with Crippen molar-refractivity contribution in [1.82, 2.24) is 0 Å². The molecule has 2 saturated carbocycles. The van der Waals surface area contributed by atoms with Crippen molar-refractivity contribution < 1.29 is 15.0 Å². The van der Waals surface area contributed by atoms with Gasteiger partial charge in [0.2, 0.25) is 0 Å². The molecule has 0 aliphatic heterocycles. The minimum absolute atomic E-state index is 0.0668. The lowest BCUT2D eigenvalue weighted by atomic mass is 9.55.